The van der Waals surface area contributed by atoms with E-state index in [4.69, 9.17) is 0 Å². The maximum Gasteiger partial charge on any atom is 0.0466 e. The molecular weight excluding hydrogens is 184 g/mol. The van der Waals surface area contributed by atoms with E-state index in [0.717, 1.165) is 0 Å². The molecule has 0 aromatic carbocycles. The Bertz CT molecular complexity index is 146. The molecule has 0 bridgehead atoms. The highest BCUT2D eigenvalue weighted by Gasteiger charge is 2.51. The molecule has 0 aliphatic carbocycles. The van der Waals surface area contributed by atoms with E-state index in [-0.39, 0.29) is 18.5 Å². The fourth-order valence-corrected chi connectivity index (χ4v) is 1.65. The molecule has 66 valence electrons. The van der Waals surface area contributed by atoms with Crippen LogP contribution in [0.2, 0.25) is 0 Å². The second kappa shape index (κ2) is 2.00. The molecule has 0 amide bonds. The van der Waals surface area contributed by atoms with Gasteiger partial charge in [-0.1, -0.05) is 0 Å². The molecule has 2 saturated heterocycles. The lowest BCUT2D eigenvalue weighted by Crippen LogP contribution is -2.66. The van der Waals surface area contributed by atoms with Crippen LogP contribution in [0.5, 0.6) is 0 Å². The number of hydrogen-bond donors (Lipinski definition) is 0. The van der Waals surface area contributed by atoms with Gasteiger partial charge in [0.15, 0.2) is 0 Å². The van der Waals surface area contributed by atoms with Gasteiger partial charge in [0.1, 0.15) is 0 Å². The van der Waals surface area contributed by atoms with Gasteiger partial charge in [-0.3, -0.25) is 0 Å². The standard InChI is InChI=1S/N4O6S/c5-1-9-2(6)11(1)3(7)10-4(11)8/q-4. The summed E-state index contributed by atoms with van der Waals surface area (Å²) in [5.74, 6) is 0. The van der Waals surface area contributed by atoms with Crippen LogP contribution < -0.4 is 0 Å². The molecule has 0 saturated carbocycles. The third-order valence-corrected chi connectivity index (χ3v) is 2.93. The quantitative estimate of drug-likeness (QED) is 0.480. The van der Waals surface area contributed by atoms with Crippen molar-refractivity contribution in [2.45, 2.75) is 0 Å². The predicted octanol–water partition coefficient (Wildman–Crippen LogP) is -0.629. The zero-order valence-electron chi connectivity index (χ0n) is 4.65. The molecule has 10 nitrogen and oxygen atoms in total. The van der Waals surface area contributed by atoms with E-state index in [1.165, 1.54) is 0 Å². The third kappa shape index (κ3) is 0.616. The van der Waals surface area contributed by atoms with Crippen molar-refractivity contribution in [2.24, 2.45) is 0 Å². The molecule has 2 aliphatic rings. The Balaban J connectivity index is 2.20. The van der Waals surface area contributed by atoms with Crippen molar-refractivity contribution in [2.75, 3.05) is 0 Å². The van der Waals surface area contributed by atoms with Crippen molar-refractivity contribution < 1.29 is 9.88 Å². The van der Waals surface area contributed by atoms with E-state index in [0.29, 0.717) is 0 Å². The van der Waals surface area contributed by atoms with Crippen LogP contribution in [0.25, 0.3) is 0 Å². The smallest absolute Gasteiger partial charge is 0.0466 e. The SMILES string of the molecule is [O-]N1ON([O-])S12N([O-])ON2[O-]. The minimum atomic E-state index is -3.44. The van der Waals surface area contributed by atoms with E-state index in [1.807, 2.05) is 0 Å². The van der Waals surface area contributed by atoms with Crippen LogP contribution in [0, 0.1) is 20.8 Å². The van der Waals surface area contributed by atoms with Crippen molar-refractivity contribution in [3.05, 3.63) is 20.8 Å². The number of nitrogens with zero attached hydrogens (tertiary/aromatic N) is 4. The predicted molar refractivity (Wildman–Crippen MR) is 30.6 cm³/mol. The first-order valence-electron chi connectivity index (χ1n) is 2.19. The molecule has 2 heterocycles. The molecule has 1 spiro atoms. The Hall–Kier alpha value is -0.0500. The summed E-state index contributed by atoms with van der Waals surface area (Å²) in [6.45, 7) is 0. The Morgan fingerprint density at radius 1 is 0.727 bits per heavy atom. The lowest BCUT2D eigenvalue weighted by molar-refractivity contribution is -0.338. The van der Waals surface area contributed by atoms with Crippen molar-refractivity contribution in [3.63, 3.8) is 0 Å². The molecule has 0 aromatic rings. The van der Waals surface area contributed by atoms with Gasteiger partial charge in [0.05, 0.1) is 0 Å². The van der Waals surface area contributed by atoms with Gasteiger partial charge in [0.25, 0.3) is 0 Å². The second-order valence-corrected chi connectivity index (χ2v) is 3.72. The summed E-state index contributed by atoms with van der Waals surface area (Å²) in [4.78, 5) is 7.33. The van der Waals surface area contributed by atoms with Crippen LogP contribution in [-0.4, -0.2) is 18.5 Å². The molecular formula is N4O6S-4. The summed E-state index contributed by atoms with van der Waals surface area (Å²) in [5.41, 5.74) is 0. The first kappa shape index (κ1) is 7.59. The lowest BCUT2D eigenvalue weighted by atomic mass is 12.8. The molecule has 0 radical (unpaired) electrons. The molecule has 2 aliphatic heterocycles. The van der Waals surface area contributed by atoms with Crippen LogP contribution in [-0.2, 0) is 9.88 Å². The average Bonchev–Trinajstić information content (AvgIpc) is 1.86. The highest BCUT2D eigenvalue weighted by Crippen LogP contribution is 2.72. The Morgan fingerprint density at radius 2 is 1.00 bits per heavy atom. The van der Waals surface area contributed by atoms with E-state index >= 15 is 0 Å². The highest BCUT2D eigenvalue weighted by atomic mass is 32.3. The Kier molecular flexibility index (Phi) is 1.38. The van der Waals surface area contributed by atoms with Crippen LogP contribution in [0.4, 0.5) is 0 Å². The minimum Gasteiger partial charge on any atom is -0.749 e. The van der Waals surface area contributed by atoms with Gasteiger partial charge in [0, 0.05) is 10.8 Å². The average molecular weight is 184 g/mol. The molecule has 2 rings (SSSR count). The fraction of sp³-hybridized carbons (Fsp3) is 0. The summed E-state index contributed by atoms with van der Waals surface area (Å²) in [6, 6.07) is 0. The maximum absolute atomic E-state index is 10.4. The molecule has 0 aromatic heterocycles. The Labute approximate surface area is 61.0 Å². The van der Waals surface area contributed by atoms with Crippen molar-refractivity contribution in [3.8, 4) is 0 Å². The largest absolute Gasteiger partial charge is 0.749 e. The molecule has 2 fully saturated rings. The normalized spacial score (nSPS) is 36.7. The van der Waals surface area contributed by atoms with Gasteiger partial charge in [-0.25, -0.2) is 9.88 Å². The molecule has 0 N–H and O–H groups in total. The van der Waals surface area contributed by atoms with E-state index in [1.54, 1.807) is 0 Å². The van der Waals surface area contributed by atoms with Gasteiger partial charge in [-0.15, -0.1) is 0 Å². The van der Waals surface area contributed by atoms with Crippen LogP contribution in [0.1, 0.15) is 0 Å². The Morgan fingerprint density at radius 3 is 1.09 bits per heavy atom. The van der Waals surface area contributed by atoms with Crippen molar-refractivity contribution in [1.29, 1.82) is 0 Å². The van der Waals surface area contributed by atoms with Crippen LogP contribution in [0.15, 0.2) is 0 Å². The summed E-state index contributed by atoms with van der Waals surface area (Å²) in [7, 11) is -3.44. The van der Waals surface area contributed by atoms with Crippen LogP contribution in [0.3, 0.4) is 0 Å². The lowest BCUT2D eigenvalue weighted by Gasteiger charge is -2.81. The first-order chi connectivity index (χ1) is 5.10. The maximum atomic E-state index is 10.4. The topological polar surface area (TPSA) is 124 Å². The van der Waals surface area contributed by atoms with Gasteiger partial charge >= 0.3 is 0 Å². The second-order valence-electron chi connectivity index (χ2n) is 1.55. The van der Waals surface area contributed by atoms with Gasteiger partial charge in [-0.05, 0) is 0 Å². The van der Waals surface area contributed by atoms with E-state index < -0.39 is 10.8 Å². The van der Waals surface area contributed by atoms with Crippen molar-refractivity contribution in [1.82, 2.24) is 18.5 Å². The highest BCUT2D eigenvalue weighted by molar-refractivity contribution is 8.27. The van der Waals surface area contributed by atoms with E-state index in [9.17, 15) is 20.8 Å². The molecule has 0 unspecified atom stereocenters. The fourth-order valence-electron chi connectivity index (χ4n) is 0.567. The minimum absolute atomic E-state index is 0.385. The summed E-state index contributed by atoms with van der Waals surface area (Å²) in [5, 5.41) is 41.6. The third-order valence-electron chi connectivity index (χ3n) is 1.07. The van der Waals surface area contributed by atoms with E-state index in [2.05, 4.69) is 9.88 Å². The molecule has 11 heteroatoms. The van der Waals surface area contributed by atoms with Gasteiger partial charge < -0.3 is 20.8 Å². The van der Waals surface area contributed by atoms with Crippen LogP contribution >= 0.6 is 10.8 Å². The molecule has 11 heavy (non-hydrogen) atoms. The number of hydrogen-bond acceptors (Lipinski definition) is 10. The summed E-state index contributed by atoms with van der Waals surface area (Å²) in [6.07, 6.45) is 0. The first-order valence-corrected chi connectivity index (χ1v) is 3.65. The summed E-state index contributed by atoms with van der Waals surface area (Å²) >= 11 is 0. The van der Waals surface area contributed by atoms with Crippen molar-refractivity contribution >= 4 is 10.8 Å². The molecule has 0 atom stereocenters. The zero-order valence-corrected chi connectivity index (χ0v) is 5.46. The zero-order chi connectivity index (χ0) is 8.22. The van der Waals surface area contributed by atoms with Gasteiger partial charge in [0.2, 0.25) is 0 Å². The monoisotopic (exact) mass is 184 g/mol. The number of rotatable bonds is 0. The summed E-state index contributed by atoms with van der Waals surface area (Å²) < 4.78 is -1.54. The van der Waals surface area contributed by atoms with Gasteiger partial charge in [-0.2, -0.15) is 18.5 Å².